The molecule has 0 saturated carbocycles. The minimum atomic E-state index is -0.680. The lowest BCUT2D eigenvalue weighted by atomic mass is 10.1. The van der Waals surface area contributed by atoms with Crippen molar-refractivity contribution in [1.82, 2.24) is 9.55 Å². The van der Waals surface area contributed by atoms with Gasteiger partial charge in [0.1, 0.15) is 5.82 Å². The summed E-state index contributed by atoms with van der Waals surface area (Å²) < 4.78 is 2.06. The third kappa shape index (κ3) is 5.84. The van der Waals surface area contributed by atoms with Gasteiger partial charge in [-0.15, -0.1) is 0 Å². The van der Waals surface area contributed by atoms with Crippen LogP contribution in [-0.4, -0.2) is 20.6 Å². The fourth-order valence-electron chi connectivity index (χ4n) is 2.04. The predicted molar refractivity (Wildman–Crippen MR) is 71.6 cm³/mol. The first-order valence-electron chi connectivity index (χ1n) is 6.80. The highest BCUT2D eigenvalue weighted by Gasteiger charge is 2.01. The van der Waals surface area contributed by atoms with Crippen LogP contribution in [0.4, 0.5) is 0 Å². The number of imidazole rings is 1. The Morgan fingerprint density at radius 2 is 1.83 bits per heavy atom. The van der Waals surface area contributed by atoms with Crippen LogP contribution < -0.4 is 0 Å². The Labute approximate surface area is 109 Å². The zero-order valence-electron chi connectivity index (χ0n) is 11.5. The van der Waals surface area contributed by atoms with Crippen LogP contribution in [0.25, 0.3) is 0 Å². The molecule has 0 atom stereocenters. The molecule has 0 radical (unpaired) electrons. The van der Waals surface area contributed by atoms with Gasteiger partial charge in [0.2, 0.25) is 0 Å². The molecule has 0 aliphatic heterocycles. The van der Waals surface area contributed by atoms with Crippen LogP contribution in [0, 0.1) is 6.92 Å². The van der Waals surface area contributed by atoms with Crippen LogP contribution in [0.15, 0.2) is 6.20 Å². The van der Waals surface area contributed by atoms with E-state index in [4.69, 9.17) is 5.11 Å². The molecule has 4 heteroatoms. The van der Waals surface area contributed by atoms with E-state index in [0.717, 1.165) is 31.5 Å². The molecule has 0 spiro atoms. The maximum absolute atomic E-state index is 10.3. The maximum Gasteiger partial charge on any atom is 0.303 e. The van der Waals surface area contributed by atoms with E-state index in [1.54, 1.807) is 0 Å². The Kier molecular flexibility index (Phi) is 6.47. The lowest BCUT2D eigenvalue weighted by Crippen LogP contribution is -1.93. The van der Waals surface area contributed by atoms with Gasteiger partial charge in [0, 0.05) is 19.7 Å². The molecule has 0 amide bonds. The Morgan fingerprint density at radius 3 is 2.39 bits per heavy atom. The van der Waals surface area contributed by atoms with Crippen molar-refractivity contribution >= 4 is 5.97 Å². The van der Waals surface area contributed by atoms with E-state index < -0.39 is 5.97 Å². The first-order valence-corrected chi connectivity index (χ1v) is 6.80. The minimum absolute atomic E-state index is 0.313. The van der Waals surface area contributed by atoms with Gasteiger partial charge in [-0.2, -0.15) is 0 Å². The van der Waals surface area contributed by atoms with Crippen molar-refractivity contribution in [3.8, 4) is 0 Å². The summed E-state index contributed by atoms with van der Waals surface area (Å²) in [6, 6.07) is 0. The molecule has 1 aromatic rings. The van der Waals surface area contributed by atoms with E-state index in [9.17, 15) is 4.79 Å². The van der Waals surface area contributed by atoms with Crippen molar-refractivity contribution in [3.63, 3.8) is 0 Å². The molecule has 1 heterocycles. The van der Waals surface area contributed by atoms with Gasteiger partial charge in [-0.05, 0) is 26.2 Å². The highest BCUT2D eigenvalue weighted by Crippen LogP contribution is 2.10. The minimum Gasteiger partial charge on any atom is -0.481 e. The number of unbranched alkanes of at least 4 members (excludes halogenated alkanes) is 5. The molecule has 0 aliphatic rings. The van der Waals surface area contributed by atoms with Crippen molar-refractivity contribution in [2.75, 3.05) is 0 Å². The van der Waals surface area contributed by atoms with Crippen molar-refractivity contribution < 1.29 is 9.90 Å². The maximum atomic E-state index is 10.3. The fourth-order valence-corrected chi connectivity index (χ4v) is 2.04. The van der Waals surface area contributed by atoms with Crippen LogP contribution in [-0.2, 0) is 18.3 Å². The smallest absolute Gasteiger partial charge is 0.303 e. The van der Waals surface area contributed by atoms with E-state index in [0.29, 0.717) is 6.42 Å². The lowest BCUT2D eigenvalue weighted by Gasteiger charge is -2.00. The number of hydrogen-bond acceptors (Lipinski definition) is 2. The molecule has 0 saturated heterocycles. The molecule has 102 valence electrons. The number of carbonyl (C=O) groups is 1. The first-order chi connectivity index (χ1) is 8.59. The summed E-state index contributed by atoms with van der Waals surface area (Å²) in [7, 11) is 2.02. The molecule has 0 unspecified atom stereocenters. The molecule has 1 aromatic heterocycles. The molecular formula is C14H24N2O2. The summed E-state index contributed by atoms with van der Waals surface area (Å²) in [5, 5.41) is 8.50. The summed E-state index contributed by atoms with van der Waals surface area (Å²) in [5.74, 6) is 0.388. The molecule has 0 aliphatic carbocycles. The van der Waals surface area contributed by atoms with E-state index >= 15 is 0 Å². The first kappa shape index (κ1) is 14.7. The number of aryl methyl sites for hydroxylation is 3. The number of carboxylic acid groups (broad SMARTS) is 1. The normalized spacial score (nSPS) is 10.8. The quantitative estimate of drug-likeness (QED) is 0.687. The highest BCUT2D eigenvalue weighted by molar-refractivity contribution is 5.66. The molecular weight excluding hydrogens is 228 g/mol. The SMILES string of the molecule is Cc1nc(CCCCCCCCC(=O)O)cn1C. The largest absolute Gasteiger partial charge is 0.481 e. The standard InChI is InChI=1S/C14H24N2O2/c1-12-15-13(11-16(12)2)9-7-5-3-4-6-8-10-14(17)18/h11H,3-10H2,1-2H3,(H,17,18). The van der Waals surface area contributed by atoms with E-state index in [-0.39, 0.29) is 0 Å². The molecule has 0 fully saturated rings. The Balaban J connectivity index is 1.97. The van der Waals surface area contributed by atoms with Crippen LogP contribution in [0.1, 0.15) is 56.5 Å². The van der Waals surface area contributed by atoms with Crippen molar-refractivity contribution in [3.05, 3.63) is 17.7 Å². The third-order valence-electron chi connectivity index (χ3n) is 3.23. The average Bonchev–Trinajstić information content (AvgIpc) is 2.62. The summed E-state index contributed by atoms with van der Waals surface area (Å²) >= 11 is 0. The van der Waals surface area contributed by atoms with Gasteiger partial charge < -0.3 is 9.67 Å². The number of rotatable bonds is 9. The van der Waals surface area contributed by atoms with E-state index in [1.807, 2.05) is 14.0 Å². The van der Waals surface area contributed by atoms with Gasteiger partial charge >= 0.3 is 5.97 Å². The highest BCUT2D eigenvalue weighted by atomic mass is 16.4. The van der Waals surface area contributed by atoms with Crippen molar-refractivity contribution in [2.24, 2.45) is 7.05 Å². The molecule has 0 aromatic carbocycles. The van der Waals surface area contributed by atoms with Gasteiger partial charge in [-0.3, -0.25) is 4.79 Å². The molecule has 1 N–H and O–H groups in total. The molecule has 18 heavy (non-hydrogen) atoms. The summed E-state index contributed by atoms with van der Waals surface area (Å²) in [6.07, 6.45) is 10.0. The van der Waals surface area contributed by atoms with E-state index in [2.05, 4.69) is 15.7 Å². The Hall–Kier alpha value is -1.32. The summed E-state index contributed by atoms with van der Waals surface area (Å²) in [4.78, 5) is 14.8. The second-order valence-corrected chi connectivity index (χ2v) is 4.91. The van der Waals surface area contributed by atoms with Crippen molar-refractivity contribution in [2.45, 2.75) is 58.3 Å². The van der Waals surface area contributed by atoms with Crippen LogP contribution in [0.2, 0.25) is 0 Å². The number of hydrogen-bond donors (Lipinski definition) is 1. The number of nitrogens with zero attached hydrogens (tertiary/aromatic N) is 2. The van der Waals surface area contributed by atoms with Crippen LogP contribution in [0.3, 0.4) is 0 Å². The summed E-state index contributed by atoms with van der Waals surface area (Å²) in [5.41, 5.74) is 1.18. The van der Waals surface area contributed by atoms with Gasteiger partial charge in [-0.1, -0.05) is 25.7 Å². The average molecular weight is 252 g/mol. The van der Waals surface area contributed by atoms with Gasteiger partial charge in [-0.25, -0.2) is 4.98 Å². The number of aromatic nitrogens is 2. The topological polar surface area (TPSA) is 55.1 Å². The van der Waals surface area contributed by atoms with Crippen LogP contribution >= 0.6 is 0 Å². The fraction of sp³-hybridized carbons (Fsp3) is 0.714. The lowest BCUT2D eigenvalue weighted by molar-refractivity contribution is -0.137. The second-order valence-electron chi connectivity index (χ2n) is 4.91. The van der Waals surface area contributed by atoms with Crippen LogP contribution in [0.5, 0.6) is 0 Å². The number of aliphatic carboxylic acids is 1. The third-order valence-corrected chi connectivity index (χ3v) is 3.23. The van der Waals surface area contributed by atoms with Gasteiger partial charge in [0.15, 0.2) is 0 Å². The molecule has 4 nitrogen and oxygen atoms in total. The zero-order valence-corrected chi connectivity index (χ0v) is 11.5. The monoisotopic (exact) mass is 252 g/mol. The summed E-state index contributed by atoms with van der Waals surface area (Å²) in [6.45, 7) is 2.02. The van der Waals surface area contributed by atoms with E-state index in [1.165, 1.54) is 25.0 Å². The predicted octanol–water partition coefficient (Wildman–Crippen LogP) is 3.09. The Morgan fingerprint density at radius 1 is 1.22 bits per heavy atom. The molecule has 1 rings (SSSR count). The van der Waals surface area contributed by atoms with Crippen molar-refractivity contribution in [1.29, 1.82) is 0 Å². The Bertz CT molecular complexity index is 352. The second kappa shape index (κ2) is 7.90. The van der Waals surface area contributed by atoms with Gasteiger partial charge in [0.25, 0.3) is 0 Å². The number of carboxylic acids is 1. The van der Waals surface area contributed by atoms with Gasteiger partial charge in [0.05, 0.1) is 5.69 Å². The zero-order chi connectivity index (χ0) is 13.4. The molecule has 0 bridgehead atoms.